The van der Waals surface area contributed by atoms with Crippen molar-refractivity contribution in [2.45, 2.75) is 38.0 Å². The van der Waals surface area contributed by atoms with Gasteiger partial charge in [0.05, 0.1) is 0 Å². The van der Waals surface area contributed by atoms with Crippen LogP contribution in [0.15, 0.2) is 0 Å². The van der Waals surface area contributed by atoms with Gasteiger partial charge in [0.2, 0.25) is 0 Å². The molecule has 3 aliphatic rings. The van der Waals surface area contributed by atoms with E-state index in [2.05, 4.69) is 31.8 Å². The molecule has 1 nitrogen and oxygen atoms in total. The van der Waals surface area contributed by atoms with Crippen molar-refractivity contribution in [2.24, 2.45) is 17.8 Å². The summed E-state index contributed by atoms with van der Waals surface area (Å²) in [6.07, 6.45) is 2.69. The Morgan fingerprint density at radius 1 is 1.33 bits per heavy atom. The molecule has 1 aliphatic carbocycles. The zero-order chi connectivity index (χ0) is 8.72. The number of piperidine rings is 2. The Morgan fingerprint density at radius 2 is 2.08 bits per heavy atom. The maximum absolute atomic E-state index is 4.61. The molecular weight excluding hydrogens is 166 g/mol. The average Bonchev–Trinajstić information content (AvgIpc) is 2.04. The van der Waals surface area contributed by atoms with Crippen molar-refractivity contribution >= 4 is 12.6 Å². The minimum absolute atomic E-state index is 0.624. The van der Waals surface area contributed by atoms with Gasteiger partial charge in [0, 0.05) is 11.3 Å². The zero-order valence-corrected chi connectivity index (χ0v) is 8.85. The third-order valence-electron chi connectivity index (χ3n) is 3.64. The van der Waals surface area contributed by atoms with Gasteiger partial charge < -0.3 is 5.32 Å². The molecule has 70 valence electrons. The van der Waals surface area contributed by atoms with Crippen LogP contribution in [0.3, 0.4) is 0 Å². The van der Waals surface area contributed by atoms with Gasteiger partial charge in [-0.15, -0.1) is 0 Å². The molecule has 2 saturated heterocycles. The fourth-order valence-electron chi connectivity index (χ4n) is 2.87. The van der Waals surface area contributed by atoms with Gasteiger partial charge in [0.25, 0.3) is 0 Å². The molecule has 3 rings (SSSR count). The second kappa shape index (κ2) is 3.22. The van der Waals surface area contributed by atoms with Crippen molar-refractivity contribution in [1.82, 2.24) is 5.32 Å². The highest BCUT2D eigenvalue weighted by atomic mass is 32.1. The van der Waals surface area contributed by atoms with Crippen molar-refractivity contribution in [3.05, 3.63) is 0 Å². The lowest BCUT2D eigenvalue weighted by molar-refractivity contribution is 0.103. The van der Waals surface area contributed by atoms with Crippen molar-refractivity contribution in [2.75, 3.05) is 6.54 Å². The Labute approximate surface area is 80.7 Å². The summed E-state index contributed by atoms with van der Waals surface area (Å²) in [5, 5.41) is 4.20. The Balaban J connectivity index is 2.05. The van der Waals surface area contributed by atoms with Gasteiger partial charge in [0.15, 0.2) is 0 Å². The van der Waals surface area contributed by atoms with Crippen LogP contribution in [-0.4, -0.2) is 17.8 Å². The predicted octanol–water partition coefficient (Wildman–Crippen LogP) is 1.94. The molecule has 1 saturated carbocycles. The fraction of sp³-hybridized carbons (Fsp3) is 1.00. The normalized spacial score (nSPS) is 47.0. The van der Waals surface area contributed by atoms with E-state index in [9.17, 15) is 0 Å². The first-order valence-electron chi connectivity index (χ1n) is 5.10. The number of rotatable bonds is 1. The number of fused-ring (bicyclic) bond motifs is 3. The molecule has 0 amide bonds. The predicted molar refractivity (Wildman–Crippen MR) is 55.6 cm³/mol. The highest BCUT2D eigenvalue weighted by molar-refractivity contribution is 7.81. The van der Waals surface area contributed by atoms with Gasteiger partial charge in [-0.1, -0.05) is 13.8 Å². The number of thiol groups is 1. The first kappa shape index (κ1) is 8.89. The van der Waals surface area contributed by atoms with Crippen LogP contribution in [0.4, 0.5) is 0 Å². The molecule has 0 aromatic heterocycles. The van der Waals surface area contributed by atoms with E-state index in [0.717, 1.165) is 17.8 Å². The van der Waals surface area contributed by atoms with Crippen LogP contribution >= 0.6 is 12.6 Å². The van der Waals surface area contributed by atoms with Gasteiger partial charge in [-0.2, -0.15) is 12.6 Å². The van der Waals surface area contributed by atoms with Gasteiger partial charge in [0.1, 0.15) is 0 Å². The fourth-order valence-corrected chi connectivity index (χ4v) is 3.36. The quantitative estimate of drug-likeness (QED) is 0.595. The third kappa shape index (κ3) is 1.39. The standard InChI is InChI=1S/C10H19NS/c1-6(2)8-4-9-10(12)3-7(8)5-11-9/h6-12H,3-5H2,1-2H3. The summed E-state index contributed by atoms with van der Waals surface area (Å²) < 4.78 is 0. The highest BCUT2D eigenvalue weighted by Crippen LogP contribution is 2.40. The van der Waals surface area contributed by atoms with Crippen LogP contribution in [0, 0.1) is 17.8 Å². The van der Waals surface area contributed by atoms with Crippen molar-refractivity contribution < 1.29 is 0 Å². The largest absolute Gasteiger partial charge is 0.313 e. The number of nitrogens with one attached hydrogen (secondary N) is 1. The zero-order valence-electron chi connectivity index (χ0n) is 7.96. The van der Waals surface area contributed by atoms with Crippen LogP contribution < -0.4 is 5.32 Å². The summed E-state index contributed by atoms with van der Waals surface area (Å²) >= 11 is 4.61. The lowest BCUT2D eigenvalue weighted by Gasteiger charge is -2.48. The molecule has 4 atom stereocenters. The molecule has 1 N–H and O–H groups in total. The van der Waals surface area contributed by atoms with Gasteiger partial charge >= 0.3 is 0 Å². The SMILES string of the molecule is CC(C)C1CC2NCC1CC2S. The maximum atomic E-state index is 4.61. The summed E-state index contributed by atoms with van der Waals surface area (Å²) in [6, 6.07) is 0.700. The molecule has 2 heterocycles. The molecule has 4 unspecified atom stereocenters. The summed E-state index contributed by atoms with van der Waals surface area (Å²) in [4.78, 5) is 0. The number of hydrogen-bond donors (Lipinski definition) is 2. The second-order valence-electron chi connectivity index (χ2n) is 4.72. The highest BCUT2D eigenvalue weighted by Gasteiger charge is 2.40. The van der Waals surface area contributed by atoms with E-state index in [1.54, 1.807) is 0 Å². The van der Waals surface area contributed by atoms with Gasteiger partial charge in [-0.05, 0) is 37.1 Å². The van der Waals surface area contributed by atoms with E-state index in [1.165, 1.54) is 19.4 Å². The Kier molecular flexibility index (Phi) is 2.39. The molecule has 3 fully saturated rings. The molecule has 0 radical (unpaired) electrons. The molecule has 2 bridgehead atoms. The van der Waals surface area contributed by atoms with Gasteiger partial charge in [-0.25, -0.2) is 0 Å². The van der Waals surface area contributed by atoms with Crippen LogP contribution in [0.2, 0.25) is 0 Å². The summed E-state index contributed by atoms with van der Waals surface area (Å²) in [5.74, 6) is 2.72. The van der Waals surface area contributed by atoms with Crippen molar-refractivity contribution in [3.63, 3.8) is 0 Å². The first-order valence-corrected chi connectivity index (χ1v) is 5.61. The molecular formula is C10H19NS. The lowest BCUT2D eigenvalue weighted by atomic mass is 9.68. The smallest absolute Gasteiger partial charge is 0.0187 e. The minimum Gasteiger partial charge on any atom is -0.313 e. The van der Waals surface area contributed by atoms with Crippen molar-refractivity contribution in [1.29, 1.82) is 0 Å². The van der Waals surface area contributed by atoms with E-state index < -0.39 is 0 Å². The van der Waals surface area contributed by atoms with E-state index in [1.807, 2.05) is 0 Å². The Hall–Kier alpha value is 0.310. The lowest BCUT2D eigenvalue weighted by Crippen LogP contribution is -2.55. The monoisotopic (exact) mass is 185 g/mol. The summed E-state index contributed by atoms with van der Waals surface area (Å²) in [6.45, 7) is 5.96. The number of hydrogen-bond acceptors (Lipinski definition) is 2. The van der Waals surface area contributed by atoms with E-state index in [4.69, 9.17) is 0 Å². The second-order valence-corrected chi connectivity index (χ2v) is 5.38. The summed E-state index contributed by atoms with van der Waals surface area (Å²) in [7, 11) is 0. The molecule has 2 heteroatoms. The van der Waals surface area contributed by atoms with Crippen LogP contribution in [0.25, 0.3) is 0 Å². The van der Waals surface area contributed by atoms with E-state index in [0.29, 0.717) is 11.3 Å². The first-order chi connectivity index (χ1) is 5.68. The average molecular weight is 185 g/mol. The molecule has 2 aliphatic heterocycles. The van der Waals surface area contributed by atoms with Gasteiger partial charge in [-0.3, -0.25) is 0 Å². The molecule has 0 aromatic carbocycles. The Morgan fingerprint density at radius 3 is 2.50 bits per heavy atom. The maximum Gasteiger partial charge on any atom is 0.0187 e. The van der Waals surface area contributed by atoms with Crippen LogP contribution in [0.5, 0.6) is 0 Å². The molecule has 12 heavy (non-hydrogen) atoms. The Bertz CT molecular complexity index is 169. The molecule has 0 spiro atoms. The van der Waals surface area contributed by atoms with Crippen molar-refractivity contribution in [3.8, 4) is 0 Å². The third-order valence-corrected chi connectivity index (χ3v) is 4.21. The van der Waals surface area contributed by atoms with E-state index >= 15 is 0 Å². The van der Waals surface area contributed by atoms with E-state index in [-0.39, 0.29) is 0 Å². The van der Waals surface area contributed by atoms with Crippen LogP contribution in [-0.2, 0) is 0 Å². The van der Waals surface area contributed by atoms with Crippen LogP contribution in [0.1, 0.15) is 26.7 Å². The minimum atomic E-state index is 0.624. The topological polar surface area (TPSA) is 12.0 Å². The summed E-state index contributed by atoms with van der Waals surface area (Å²) in [5.41, 5.74) is 0. The molecule has 0 aromatic rings.